The molecule has 0 aliphatic carbocycles. The van der Waals surface area contributed by atoms with Gasteiger partial charge in [-0.05, 0) is 32.1 Å². The van der Waals surface area contributed by atoms with Crippen molar-refractivity contribution in [3.63, 3.8) is 0 Å². The van der Waals surface area contributed by atoms with Crippen molar-refractivity contribution in [2.24, 2.45) is 0 Å². The fourth-order valence-electron chi connectivity index (χ4n) is 1.86. The van der Waals surface area contributed by atoms with E-state index in [1.165, 1.54) is 37.5 Å². The van der Waals surface area contributed by atoms with Gasteiger partial charge in [0.05, 0.1) is 23.3 Å². The van der Waals surface area contributed by atoms with Crippen LogP contribution in [0, 0.1) is 6.92 Å². The standard InChI is InChI=1S/C17H20N2O5S/c1-5-7-15(14(6-2)16(20)24-4)18-17(21)19-25(22,23)13-10-8-12(3)9-11-13/h5-11H,1H2,2-4H3,(H2,18,19,21)/b14-6+,15-7+. The number of sulfonamides is 1. The van der Waals surface area contributed by atoms with E-state index >= 15 is 0 Å². The molecular formula is C17H20N2O5S. The second kappa shape index (κ2) is 8.84. The monoisotopic (exact) mass is 364 g/mol. The zero-order chi connectivity index (χ0) is 19.0. The Morgan fingerprint density at radius 3 is 2.28 bits per heavy atom. The Balaban J connectivity index is 2.99. The van der Waals surface area contributed by atoms with Crippen LogP contribution in [0.1, 0.15) is 12.5 Å². The minimum atomic E-state index is -4.05. The van der Waals surface area contributed by atoms with Gasteiger partial charge in [0.25, 0.3) is 10.0 Å². The van der Waals surface area contributed by atoms with Crippen molar-refractivity contribution >= 4 is 22.0 Å². The molecule has 0 aromatic heterocycles. The van der Waals surface area contributed by atoms with E-state index < -0.39 is 22.0 Å². The lowest BCUT2D eigenvalue weighted by Crippen LogP contribution is -2.39. The number of amides is 2. The largest absolute Gasteiger partial charge is 0.465 e. The van der Waals surface area contributed by atoms with Gasteiger partial charge in [-0.1, -0.05) is 36.4 Å². The van der Waals surface area contributed by atoms with E-state index in [-0.39, 0.29) is 16.2 Å². The van der Waals surface area contributed by atoms with E-state index in [1.807, 2.05) is 11.6 Å². The van der Waals surface area contributed by atoms with Crippen molar-refractivity contribution in [1.82, 2.24) is 10.0 Å². The summed E-state index contributed by atoms with van der Waals surface area (Å²) in [5.74, 6) is -0.683. The summed E-state index contributed by atoms with van der Waals surface area (Å²) in [6.45, 7) is 6.88. The number of carbonyl (C=O) groups excluding carboxylic acids is 2. The number of urea groups is 1. The van der Waals surface area contributed by atoms with Gasteiger partial charge in [0.15, 0.2) is 0 Å². The first-order chi connectivity index (χ1) is 11.7. The normalized spacial score (nSPS) is 12.3. The SMILES string of the molecule is C=C/C=C(NC(=O)NS(=O)(=O)c1ccc(C)cc1)\C(=C/C)C(=O)OC. The Bertz CT molecular complexity index is 821. The molecule has 0 radical (unpaired) electrons. The molecule has 1 rings (SSSR count). The summed E-state index contributed by atoms with van der Waals surface area (Å²) in [6, 6.07) is 4.99. The molecule has 0 atom stereocenters. The summed E-state index contributed by atoms with van der Waals surface area (Å²) in [5.41, 5.74) is 1.00. The van der Waals surface area contributed by atoms with Crippen molar-refractivity contribution in [1.29, 1.82) is 0 Å². The second-order valence-electron chi connectivity index (χ2n) is 4.88. The average molecular weight is 364 g/mol. The fraction of sp³-hybridized carbons (Fsp3) is 0.176. The van der Waals surface area contributed by atoms with Gasteiger partial charge in [-0.2, -0.15) is 0 Å². The highest BCUT2D eigenvalue weighted by Crippen LogP contribution is 2.12. The van der Waals surface area contributed by atoms with Crippen molar-refractivity contribution in [2.75, 3.05) is 7.11 Å². The number of aryl methyl sites for hydroxylation is 1. The fourth-order valence-corrected chi connectivity index (χ4v) is 2.76. The first-order valence-electron chi connectivity index (χ1n) is 7.23. The number of carbonyl (C=O) groups is 2. The molecule has 2 N–H and O–H groups in total. The number of ether oxygens (including phenoxy) is 1. The lowest BCUT2D eigenvalue weighted by atomic mass is 10.1. The third-order valence-corrected chi connectivity index (χ3v) is 4.42. The van der Waals surface area contributed by atoms with Crippen LogP contribution in [0.4, 0.5) is 4.79 Å². The molecule has 0 saturated heterocycles. The molecule has 2 amide bonds. The summed E-state index contributed by atoms with van der Waals surface area (Å²) in [4.78, 5) is 23.7. The summed E-state index contributed by atoms with van der Waals surface area (Å²) < 4.78 is 30.9. The summed E-state index contributed by atoms with van der Waals surface area (Å²) >= 11 is 0. The molecule has 8 heteroatoms. The van der Waals surface area contributed by atoms with Crippen molar-refractivity contribution in [2.45, 2.75) is 18.7 Å². The molecule has 7 nitrogen and oxygen atoms in total. The maximum atomic E-state index is 12.2. The highest BCUT2D eigenvalue weighted by Gasteiger charge is 2.20. The molecule has 0 saturated carbocycles. The highest BCUT2D eigenvalue weighted by molar-refractivity contribution is 7.90. The van der Waals surface area contributed by atoms with E-state index in [2.05, 4.69) is 16.6 Å². The van der Waals surface area contributed by atoms with Gasteiger partial charge in [-0.25, -0.2) is 22.7 Å². The summed E-state index contributed by atoms with van der Waals surface area (Å²) in [7, 11) is -2.85. The van der Waals surface area contributed by atoms with Crippen LogP contribution >= 0.6 is 0 Å². The number of hydrogen-bond donors (Lipinski definition) is 2. The van der Waals surface area contributed by atoms with Crippen LogP contribution in [0.3, 0.4) is 0 Å². The van der Waals surface area contributed by atoms with Gasteiger partial charge in [-0.3, -0.25) is 0 Å². The number of methoxy groups -OCH3 is 1. The third-order valence-electron chi connectivity index (χ3n) is 3.08. The Labute approximate surface area is 147 Å². The first-order valence-corrected chi connectivity index (χ1v) is 8.71. The maximum Gasteiger partial charge on any atom is 0.339 e. The zero-order valence-electron chi connectivity index (χ0n) is 14.2. The summed E-state index contributed by atoms with van der Waals surface area (Å²) in [5, 5.41) is 2.31. The van der Waals surface area contributed by atoms with Crippen LogP contribution < -0.4 is 10.0 Å². The van der Waals surface area contributed by atoms with E-state index in [4.69, 9.17) is 0 Å². The molecule has 0 spiro atoms. The zero-order valence-corrected chi connectivity index (χ0v) is 15.0. The third kappa shape index (κ3) is 5.61. The van der Waals surface area contributed by atoms with Crippen molar-refractivity contribution in [3.05, 3.63) is 65.9 Å². The minimum absolute atomic E-state index is 0.0540. The Morgan fingerprint density at radius 2 is 1.80 bits per heavy atom. The molecule has 25 heavy (non-hydrogen) atoms. The second-order valence-corrected chi connectivity index (χ2v) is 6.57. The maximum absolute atomic E-state index is 12.2. The molecule has 0 heterocycles. The van der Waals surface area contributed by atoms with E-state index in [9.17, 15) is 18.0 Å². The molecule has 0 bridgehead atoms. The van der Waals surface area contributed by atoms with Crippen LogP contribution in [-0.4, -0.2) is 27.5 Å². The Hall–Kier alpha value is -2.87. The number of rotatable bonds is 6. The van der Waals surface area contributed by atoms with Crippen molar-refractivity contribution in [3.8, 4) is 0 Å². The van der Waals surface area contributed by atoms with Crippen LogP contribution in [0.2, 0.25) is 0 Å². The number of hydrogen-bond acceptors (Lipinski definition) is 5. The van der Waals surface area contributed by atoms with Crippen LogP contribution in [0.25, 0.3) is 0 Å². The molecule has 0 fully saturated rings. The Morgan fingerprint density at radius 1 is 1.20 bits per heavy atom. The lowest BCUT2D eigenvalue weighted by Gasteiger charge is -2.13. The molecular weight excluding hydrogens is 344 g/mol. The van der Waals surface area contributed by atoms with Gasteiger partial charge in [0, 0.05) is 0 Å². The first kappa shape index (κ1) is 20.2. The molecule has 1 aromatic rings. The van der Waals surface area contributed by atoms with Gasteiger partial charge >= 0.3 is 12.0 Å². The predicted molar refractivity (Wildman–Crippen MR) is 94.1 cm³/mol. The van der Waals surface area contributed by atoms with E-state index in [0.29, 0.717) is 0 Å². The van der Waals surface area contributed by atoms with Gasteiger partial charge in [0.2, 0.25) is 0 Å². The lowest BCUT2D eigenvalue weighted by molar-refractivity contribution is -0.135. The van der Waals surface area contributed by atoms with Crippen LogP contribution in [0.5, 0.6) is 0 Å². The Kier molecular flexibility index (Phi) is 7.13. The average Bonchev–Trinajstić information content (AvgIpc) is 2.55. The van der Waals surface area contributed by atoms with Gasteiger partial charge in [0.1, 0.15) is 0 Å². The summed E-state index contributed by atoms with van der Waals surface area (Å²) in [6.07, 6.45) is 4.12. The number of nitrogens with one attached hydrogen (secondary N) is 2. The predicted octanol–water partition coefficient (Wildman–Crippen LogP) is 2.17. The quantitative estimate of drug-likeness (QED) is 0.458. The highest BCUT2D eigenvalue weighted by atomic mass is 32.2. The molecule has 1 aromatic carbocycles. The molecule has 0 aliphatic rings. The van der Waals surface area contributed by atoms with Gasteiger partial charge in [-0.15, -0.1) is 0 Å². The molecule has 134 valence electrons. The van der Waals surface area contributed by atoms with Crippen LogP contribution in [-0.2, 0) is 19.6 Å². The molecule has 0 aliphatic heterocycles. The number of allylic oxidation sites excluding steroid dienone is 3. The van der Waals surface area contributed by atoms with Crippen LogP contribution in [0.15, 0.2) is 65.2 Å². The van der Waals surface area contributed by atoms with E-state index in [0.717, 1.165) is 5.56 Å². The van der Waals surface area contributed by atoms with Gasteiger partial charge < -0.3 is 10.1 Å². The topological polar surface area (TPSA) is 102 Å². The smallest absolute Gasteiger partial charge is 0.339 e. The van der Waals surface area contributed by atoms with E-state index in [1.54, 1.807) is 19.1 Å². The number of benzene rings is 1. The minimum Gasteiger partial charge on any atom is -0.465 e. The number of esters is 1. The van der Waals surface area contributed by atoms with Crippen molar-refractivity contribution < 1.29 is 22.7 Å². The molecule has 0 unspecified atom stereocenters.